The maximum absolute atomic E-state index is 15.1. The van der Waals surface area contributed by atoms with E-state index in [-0.39, 0.29) is 22.9 Å². The molecule has 0 fully saturated rings. The third-order valence-corrected chi connectivity index (χ3v) is 4.44. The highest BCUT2D eigenvalue weighted by molar-refractivity contribution is 6.32. The average molecular weight is 399 g/mol. The average Bonchev–Trinajstić information content (AvgIpc) is 2.63. The van der Waals surface area contributed by atoms with E-state index >= 15 is 4.39 Å². The van der Waals surface area contributed by atoms with Crippen LogP contribution >= 0.6 is 23.2 Å². The van der Waals surface area contributed by atoms with Crippen molar-refractivity contribution in [3.8, 4) is 11.5 Å². The van der Waals surface area contributed by atoms with E-state index in [0.29, 0.717) is 35.7 Å². The predicted molar refractivity (Wildman–Crippen MR) is 103 cm³/mol. The highest BCUT2D eigenvalue weighted by Gasteiger charge is 2.21. The lowest BCUT2D eigenvalue weighted by Crippen LogP contribution is -2.38. The van der Waals surface area contributed by atoms with Crippen molar-refractivity contribution in [3.05, 3.63) is 57.8 Å². The van der Waals surface area contributed by atoms with Crippen LogP contribution in [0, 0.1) is 5.82 Å². The molecule has 0 unspecified atom stereocenters. The fourth-order valence-electron chi connectivity index (χ4n) is 2.59. The zero-order chi connectivity index (χ0) is 19.1. The molecule has 0 saturated carbocycles. The van der Waals surface area contributed by atoms with E-state index in [9.17, 15) is 4.79 Å². The van der Waals surface area contributed by atoms with E-state index in [4.69, 9.17) is 27.9 Å². The van der Waals surface area contributed by atoms with Crippen LogP contribution in [0.4, 0.5) is 4.39 Å². The molecule has 1 amide bonds. The Hall–Kier alpha value is -1.82. The molecule has 140 valence electrons. The Labute approximate surface area is 162 Å². The van der Waals surface area contributed by atoms with Crippen LogP contribution in [0.1, 0.15) is 31.9 Å². The second-order valence-electron chi connectivity index (χ2n) is 5.89. The van der Waals surface area contributed by atoms with Crippen LogP contribution < -0.4 is 15.4 Å². The standard InChI is InChI=1S/C19H21Cl2FN2O2/c1-3-17(24-12(2)10-23-11-25)15-8-9-16(21)19(18(15)22)26-14-6-4-13(20)5-7-14/h4-9,11-12,17,24H,3,10H2,1-2H3,(H,23,25)/t12-,17+/m0/s1. The summed E-state index contributed by atoms with van der Waals surface area (Å²) >= 11 is 12.0. The van der Waals surface area contributed by atoms with Crippen molar-refractivity contribution in [2.45, 2.75) is 32.4 Å². The highest BCUT2D eigenvalue weighted by Crippen LogP contribution is 2.36. The van der Waals surface area contributed by atoms with Gasteiger partial charge in [-0.2, -0.15) is 0 Å². The maximum atomic E-state index is 15.1. The first-order valence-electron chi connectivity index (χ1n) is 8.30. The van der Waals surface area contributed by atoms with Gasteiger partial charge in [-0.1, -0.05) is 36.2 Å². The number of carbonyl (C=O) groups is 1. The number of amides is 1. The second-order valence-corrected chi connectivity index (χ2v) is 6.73. The minimum absolute atomic E-state index is 0.0228. The van der Waals surface area contributed by atoms with Crippen LogP contribution in [0.15, 0.2) is 36.4 Å². The lowest BCUT2D eigenvalue weighted by molar-refractivity contribution is -0.109. The van der Waals surface area contributed by atoms with Gasteiger partial charge in [0.15, 0.2) is 11.6 Å². The molecule has 2 N–H and O–H groups in total. The quantitative estimate of drug-likeness (QED) is 0.577. The summed E-state index contributed by atoms with van der Waals surface area (Å²) in [6.45, 7) is 4.31. The Morgan fingerprint density at radius 3 is 2.50 bits per heavy atom. The molecule has 26 heavy (non-hydrogen) atoms. The van der Waals surface area contributed by atoms with E-state index in [1.165, 1.54) is 0 Å². The molecule has 0 aromatic heterocycles. The van der Waals surface area contributed by atoms with Gasteiger partial charge in [0.05, 0.1) is 5.02 Å². The number of carbonyl (C=O) groups excluding carboxylic acids is 1. The third kappa shape index (κ3) is 5.34. The lowest BCUT2D eigenvalue weighted by Gasteiger charge is -2.24. The fourth-order valence-corrected chi connectivity index (χ4v) is 2.90. The highest BCUT2D eigenvalue weighted by atomic mass is 35.5. The molecule has 4 nitrogen and oxygen atoms in total. The number of rotatable bonds is 9. The molecule has 0 spiro atoms. The van der Waals surface area contributed by atoms with Gasteiger partial charge < -0.3 is 15.4 Å². The summed E-state index contributed by atoms with van der Waals surface area (Å²) in [5.74, 6) is -0.0929. The van der Waals surface area contributed by atoms with Crippen LogP contribution in [-0.2, 0) is 4.79 Å². The Balaban J connectivity index is 2.25. The van der Waals surface area contributed by atoms with E-state index in [0.717, 1.165) is 0 Å². The second kappa shape index (κ2) is 9.76. The molecule has 2 aromatic carbocycles. The molecule has 0 radical (unpaired) electrons. The summed E-state index contributed by atoms with van der Waals surface area (Å²) in [6, 6.07) is 9.59. The first-order valence-corrected chi connectivity index (χ1v) is 9.06. The summed E-state index contributed by atoms with van der Waals surface area (Å²) in [5, 5.41) is 6.65. The van der Waals surface area contributed by atoms with Crippen molar-refractivity contribution in [1.82, 2.24) is 10.6 Å². The molecular formula is C19H21Cl2FN2O2. The van der Waals surface area contributed by atoms with E-state index in [1.807, 2.05) is 13.8 Å². The third-order valence-electron chi connectivity index (χ3n) is 3.89. The summed E-state index contributed by atoms with van der Waals surface area (Å²) in [6.07, 6.45) is 1.30. The van der Waals surface area contributed by atoms with Gasteiger partial charge in [0.1, 0.15) is 5.75 Å². The normalized spacial score (nSPS) is 13.1. The molecular weight excluding hydrogens is 378 g/mol. The van der Waals surface area contributed by atoms with Gasteiger partial charge in [-0.25, -0.2) is 4.39 Å². The Morgan fingerprint density at radius 2 is 1.88 bits per heavy atom. The minimum Gasteiger partial charge on any atom is -0.453 e. The van der Waals surface area contributed by atoms with Gasteiger partial charge in [-0.3, -0.25) is 4.79 Å². The lowest BCUT2D eigenvalue weighted by atomic mass is 10.0. The van der Waals surface area contributed by atoms with Gasteiger partial charge in [0.25, 0.3) is 0 Å². The minimum atomic E-state index is -0.512. The number of halogens is 3. The van der Waals surface area contributed by atoms with Crippen LogP contribution in [-0.4, -0.2) is 19.0 Å². The van der Waals surface area contributed by atoms with E-state index < -0.39 is 5.82 Å². The molecule has 7 heteroatoms. The topological polar surface area (TPSA) is 50.4 Å². The first-order chi connectivity index (χ1) is 12.5. The van der Waals surface area contributed by atoms with E-state index in [2.05, 4.69) is 10.6 Å². The van der Waals surface area contributed by atoms with Crippen LogP contribution in [0.5, 0.6) is 11.5 Å². The monoisotopic (exact) mass is 398 g/mol. The molecule has 0 aliphatic rings. The van der Waals surface area contributed by atoms with Crippen LogP contribution in [0.2, 0.25) is 10.0 Å². The van der Waals surface area contributed by atoms with Gasteiger partial charge in [0, 0.05) is 29.2 Å². The van der Waals surface area contributed by atoms with Gasteiger partial charge in [0.2, 0.25) is 6.41 Å². The largest absolute Gasteiger partial charge is 0.453 e. The Bertz CT molecular complexity index is 741. The SMILES string of the molecule is CC[C@@H](N[C@@H](C)CNC=O)c1ccc(Cl)c(Oc2ccc(Cl)cc2)c1F. The first kappa shape index (κ1) is 20.5. The zero-order valence-corrected chi connectivity index (χ0v) is 16.1. The molecule has 0 heterocycles. The molecule has 2 atom stereocenters. The number of benzene rings is 2. The van der Waals surface area contributed by atoms with Crippen molar-refractivity contribution < 1.29 is 13.9 Å². The summed E-state index contributed by atoms with van der Waals surface area (Å²) in [5.41, 5.74) is 0.457. The van der Waals surface area contributed by atoms with E-state index in [1.54, 1.807) is 36.4 Å². The summed E-state index contributed by atoms with van der Waals surface area (Å²) in [4.78, 5) is 10.4. The number of nitrogens with one attached hydrogen (secondary N) is 2. The molecule has 2 aromatic rings. The Morgan fingerprint density at radius 1 is 1.19 bits per heavy atom. The van der Waals surface area contributed by atoms with Crippen LogP contribution in [0.3, 0.4) is 0 Å². The van der Waals surface area contributed by atoms with Gasteiger partial charge >= 0.3 is 0 Å². The smallest absolute Gasteiger partial charge is 0.207 e. The van der Waals surface area contributed by atoms with Gasteiger partial charge in [-0.05, 0) is 43.7 Å². The summed E-state index contributed by atoms with van der Waals surface area (Å²) in [7, 11) is 0. The molecule has 0 saturated heterocycles. The maximum Gasteiger partial charge on any atom is 0.207 e. The molecule has 2 rings (SSSR count). The number of hydrogen-bond donors (Lipinski definition) is 2. The van der Waals surface area contributed by atoms with Crippen molar-refractivity contribution in [2.24, 2.45) is 0 Å². The zero-order valence-electron chi connectivity index (χ0n) is 14.6. The number of hydrogen-bond acceptors (Lipinski definition) is 3. The molecule has 0 aliphatic carbocycles. The van der Waals surface area contributed by atoms with Crippen molar-refractivity contribution >= 4 is 29.6 Å². The Kier molecular flexibility index (Phi) is 7.69. The van der Waals surface area contributed by atoms with Crippen molar-refractivity contribution in [1.29, 1.82) is 0 Å². The van der Waals surface area contributed by atoms with Crippen LogP contribution in [0.25, 0.3) is 0 Å². The number of ether oxygens (including phenoxy) is 1. The van der Waals surface area contributed by atoms with Gasteiger partial charge in [-0.15, -0.1) is 0 Å². The molecule has 0 aliphatic heterocycles. The molecule has 0 bridgehead atoms. The van der Waals surface area contributed by atoms with Crippen molar-refractivity contribution in [3.63, 3.8) is 0 Å². The predicted octanol–water partition coefficient (Wildman–Crippen LogP) is 5.10. The summed E-state index contributed by atoms with van der Waals surface area (Å²) < 4.78 is 20.7. The fraction of sp³-hybridized carbons (Fsp3) is 0.316. The van der Waals surface area contributed by atoms with Crippen molar-refractivity contribution in [2.75, 3.05) is 6.54 Å².